The van der Waals surface area contributed by atoms with Crippen molar-refractivity contribution in [3.63, 3.8) is 0 Å². The number of methoxy groups -OCH3 is 1. The van der Waals surface area contributed by atoms with Crippen molar-refractivity contribution >= 4 is 51.0 Å². The first kappa shape index (κ1) is 18.5. The number of amides is 1. The SMILES string of the molecule is COC(=O)c1ccc(C(=O)Nc2nc(-c3cccs3)c(-c3cccs3)s2)cc1. The highest BCUT2D eigenvalue weighted by molar-refractivity contribution is 7.24. The minimum absolute atomic E-state index is 0.277. The number of anilines is 1. The summed E-state index contributed by atoms with van der Waals surface area (Å²) in [5.74, 6) is -0.714. The van der Waals surface area contributed by atoms with Crippen LogP contribution in [0.15, 0.2) is 59.3 Å². The van der Waals surface area contributed by atoms with Crippen molar-refractivity contribution in [3.8, 4) is 20.3 Å². The summed E-state index contributed by atoms with van der Waals surface area (Å²) < 4.78 is 4.67. The molecule has 0 fully saturated rings. The number of hydrogen-bond donors (Lipinski definition) is 1. The number of hydrogen-bond acceptors (Lipinski definition) is 7. The number of nitrogens with zero attached hydrogens (tertiary/aromatic N) is 1. The number of aromatic nitrogens is 1. The van der Waals surface area contributed by atoms with Gasteiger partial charge >= 0.3 is 5.97 Å². The molecule has 1 amide bonds. The van der Waals surface area contributed by atoms with Gasteiger partial charge in [-0.2, -0.15) is 0 Å². The minimum Gasteiger partial charge on any atom is -0.465 e. The molecule has 5 nitrogen and oxygen atoms in total. The number of benzene rings is 1. The standard InChI is InChI=1S/C20H14N2O3S3/c1-25-19(24)13-8-6-12(7-9-13)18(23)22-20-21-16(14-4-2-10-26-14)17(28-20)15-5-3-11-27-15/h2-11H,1H3,(H,21,22,23). The summed E-state index contributed by atoms with van der Waals surface area (Å²) in [4.78, 5) is 32.0. The lowest BCUT2D eigenvalue weighted by molar-refractivity contribution is 0.0600. The van der Waals surface area contributed by atoms with E-state index in [9.17, 15) is 9.59 Å². The summed E-state index contributed by atoms with van der Waals surface area (Å²) in [6.07, 6.45) is 0. The Hall–Kier alpha value is -2.81. The molecule has 1 N–H and O–H groups in total. The van der Waals surface area contributed by atoms with Crippen LogP contribution in [0, 0.1) is 0 Å². The lowest BCUT2D eigenvalue weighted by atomic mass is 10.1. The van der Waals surface area contributed by atoms with Crippen LogP contribution >= 0.6 is 34.0 Å². The number of carbonyl (C=O) groups is 2. The predicted molar refractivity (Wildman–Crippen MR) is 114 cm³/mol. The smallest absolute Gasteiger partial charge is 0.337 e. The second-order valence-electron chi connectivity index (χ2n) is 5.67. The Morgan fingerprint density at radius 1 is 0.929 bits per heavy atom. The zero-order valence-corrected chi connectivity index (χ0v) is 17.1. The highest BCUT2D eigenvalue weighted by Crippen LogP contribution is 2.42. The quantitative estimate of drug-likeness (QED) is 0.419. The summed E-state index contributed by atoms with van der Waals surface area (Å²) in [5, 5.41) is 7.43. The zero-order valence-electron chi connectivity index (χ0n) is 14.7. The Kier molecular flexibility index (Phi) is 5.34. The van der Waals surface area contributed by atoms with E-state index in [0.717, 1.165) is 20.3 Å². The fourth-order valence-electron chi connectivity index (χ4n) is 2.57. The van der Waals surface area contributed by atoms with E-state index in [4.69, 9.17) is 0 Å². The first-order valence-electron chi connectivity index (χ1n) is 8.24. The van der Waals surface area contributed by atoms with Crippen molar-refractivity contribution in [2.75, 3.05) is 12.4 Å². The molecule has 0 aliphatic heterocycles. The van der Waals surface area contributed by atoms with Gasteiger partial charge in [0.1, 0.15) is 5.69 Å². The molecule has 0 saturated heterocycles. The highest BCUT2D eigenvalue weighted by Gasteiger charge is 2.18. The van der Waals surface area contributed by atoms with Crippen molar-refractivity contribution in [3.05, 3.63) is 70.4 Å². The van der Waals surface area contributed by atoms with E-state index >= 15 is 0 Å². The van der Waals surface area contributed by atoms with Gasteiger partial charge in [-0.3, -0.25) is 10.1 Å². The first-order chi connectivity index (χ1) is 13.7. The molecule has 140 valence electrons. The molecular formula is C20H14N2O3S3. The number of thiazole rings is 1. The predicted octanol–water partition coefficient (Wildman–Crippen LogP) is 5.64. The third-order valence-electron chi connectivity index (χ3n) is 3.92. The van der Waals surface area contributed by atoms with Crippen molar-refractivity contribution in [2.24, 2.45) is 0 Å². The number of thiophene rings is 2. The van der Waals surface area contributed by atoms with Crippen LogP contribution in [0.5, 0.6) is 0 Å². The molecule has 0 spiro atoms. The van der Waals surface area contributed by atoms with Gasteiger partial charge in [-0.15, -0.1) is 22.7 Å². The van der Waals surface area contributed by atoms with Crippen LogP contribution in [-0.2, 0) is 4.74 Å². The summed E-state index contributed by atoms with van der Waals surface area (Å²) in [6.45, 7) is 0. The van der Waals surface area contributed by atoms with E-state index in [1.54, 1.807) is 46.9 Å². The van der Waals surface area contributed by atoms with Crippen LogP contribution < -0.4 is 5.32 Å². The highest BCUT2D eigenvalue weighted by atomic mass is 32.1. The molecule has 0 saturated carbocycles. The van der Waals surface area contributed by atoms with Crippen molar-refractivity contribution in [1.82, 2.24) is 4.98 Å². The monoisotopic (exact) mass is 426 g/mol. The summed E-state index contributed by atoms with van der Waals surface area (Å²) in [6, 6.07) is 14.4. The Morgan fingerprint density at radius 3 is 2.18 bits per heavy atom. The molecule has 0 atom stereocenters. The Bertz CT molecular complexity index is 1050. The third-order valence-corrected chi connectivity index (χ3v) is 6.81. The maximum Gasteiger partial charge on any atom is 0.337 e. The Labute approximate surface area is 173 Å². The van der Waals surface area contributed by atoms with Gasteiger partial charge in [-0.05, 0) is 47.2 Å². The Balaban J connectivity index is 1.60. The van der Waals surface area contributed by atoms with Crippen LogP contribution in [0.25, 0.3) is 20.3 Å². The average Bonchev–Trinajstić information content (AvgIpc) is 3.48. The van der Waals surface area contributed by atoms with E-state index in [1.165, 1.54) is 18.4 Å². The van der Waals surface area contributed by atoms with E-state index < -0.39 is 5.97 Å². The molecule has 3 aromatic heterocycles. The van der Waals surface area contributed by atoms with Crippen LogP contribution in [0.4, 0.5) is 5.13 Å². The fraction of sp³-hybridized carbons (Fsp3) is 0.0500. The van der Waals surface area contributed by atoms with Crippen LogP contribution in [0.1, 0.15) is 20.7 Å². The number of rotatable bonds is 5. The van der Waals surface area contributed by atoms with Crippen LogP contribution in [0.3, 0.4) is 0 Å². The molecule has 28 heavy (non-hydrogen) atoms. The van der Waals surface area contributed by atoms with Crippen LogP contribution in [0.2, 0.25) is 0 Å². The van der Waals surface area contributed by atoms with Gasteiger partial charge < -0.3 is 4.74 Å². The van der Waals surface area contributed by atoms with Crippen molar-refractivity contribution in [1.29, 1.82) is 0 Å². The number of carbonyl (C=O) groups excluding carboxylic acids is 2. The lowest BCUT2D eigenvalue weighted by Crippen LogP contribution is -2.12. The molecule has 0 unspecified atom stereocenters. The molecule has 0 aliphatic carbocycles. The summed E-state index contributed by atoms with van der Waals surface area (Å²) in [5.41, 5.74) is 1.71. The maximum atomic E-state index is 12.6. The molecule has 3 heterocycles. The van der Waals surface area contributed by atoms with Gasteiger partial charge in [0, 0.05) is 10.4 Å². The van der Waals surface area contributed by atoms with E-state index in [2.05, 4.69) is 15.0 Å². The van der Waals surface area contributed by atoms with Gasteiger partial charge in [-0.1, -0.05) is 23.5 Å². The minimum atomic E-state index is -0.437. The van der Waals surface area contributed by atoms with Crippen LogP contribution in [-0.4, -0.2) is 24.0 Å². The first-order valence-corrected chi connectivity index (χ1v) is 10.8. The van der Waals surface area contributed by atoms with E-state index in [-0.39, 0.29) is 5.91 Å². The van der Waals surface area contributed by atoms with Gasteiger partial charge in [-0.25, -0.2) is 9.78 Å². The molecule has 0 radical (unpaired) electrons. The van der Waals surface area contributed by atoms with Crippen molar-refractivity contribution < 1.29 is 14.3 Å². The van der Waals surface area contributed by atoms with Gasteiger partial charge in [0.2, 0.25) is 0 Å². The second kappa shape index (κ2) is 8.05. The van der Waals surface area contributed by atoms with Gasteiger partial charge in [0.05, 0.1) is 22.4 Å². The van der Waals surface area contributed by atoms with Crippen molar-refractivity contribution in [2.45, 2.75) is 0 Å². The number of ether oxygens (including phenoxy) is 1. The van der Waals surface area contributed by atoms with Gasteiger partial charge in [0.25, 0.3) is 5.91 Å². The normalized spacial score (nSPS) is 10.6. The molecular weight excluding hydrogens is 412 g/mol. The lowest BCUT2D eigenvalue weighted by Gasteiger charge is -2.03. The van der Waals surface area contributed by atoms with Gasteiger partial charge in [0.15, 0.2) is 5.13 Å². The average molecular weight is 427 g/mol. The molecule has 4 aromatic rings. The molecule has 1 aromatic carbocycles. The molecule has 0 bridgehead atoms. The topological polar surface area (TPSA) is 68.3 Å². The number of nitrogens with one attached hydrogen (secondary N) is 1. The van der Waals surface area contributed by atoms with E-state index in [0.29, 0.717) is 16.3 Å². The molecule has 4 rings (SSSR count). The third kappa shape index (κ3) is 3.75. The second-order valence-corrected chi connectivity index (χ2v) is 8.57. The summed E-state index contributed by atoms with van der Waals surface area (Å²) >= 11 is 4.71. The Morgan fingerprint density at radius 2 is 1.57 bits per heavy atom. The van der Waals surface area contributed by atoms with E-state index in [1.807, 2.05) is 35.0 Å². The summed E-state index contributed by atoms with van der Waals surface area (Å²) in [7, 11) is 1.32. The zero-order chi connectivity index (χ0) is 19.5. The molecule has 0 aliphatic rings. The fourth-order valence-corrected chi connectivity index (χ4v) is 5.19. The maximum absolute atomic E-state index is 12.6. The molecule has 8 heteroatoms. The largest absolute Gasteiger partial charge is 0.465 e. The number of esters is 1.